The number of benzene rings is 1. The molecule has 1 aromatic rings. The van der Waals surface area contributed by atoms with Gasteiger partial charge in [-0.25, -0.2) is 8.78 Å². The van der Waals surface area contributed by atoms with E-state index in [2.05, 4.69) is 12.6 Å². The zero-order valence-corrected chi connectivity index (χ0v) is 10.8. The molecular formula is C12H16F2S2. The van der Waals surface area contributed by atoms with Gasteiger partial charge < -0.3 is 0 Å². The first-order valence-electron chi connectivity index (χ1n) is 5.43. The summed E-state index contributed by atoms with van der Waals surface area (Å²) in [5, 5.41) is 0. The van der Waals surface area contributed by atoms with Crippen LogP contribution in [0.3, 0.4) is 0 Å². The third kappa shape index (κ3) is 5.21. The summed E-state index contributed by atoms with van der Waals surface area (Å²) in [7, 11) is 0. The van der Waals surface area contributed by atoms with E-state index >= 15 is 0 Å². The van der Waals surface area contributed by atoms with Gasteiger partial charge in [-0.1, -0.05) is 12.8 Å². The largest absolute Gasteiger partial charge is 0.207 e. The van der Waals surface area contributed by atoms with E-state index in [0.717, 1.165) is 36.8 Å². The lowest BCUT2D eigenvalue weighted by molar-refractivity contribution is 0.565. The maximum Gasteiger partial charge on any atom is 0.139 e. The molecule has 1 rings (SSSR count). The number of thioether (sulfide) groups is 1. The van der Waals surface area contributed by atoms with E-state index in [1.807, 2.05) is 0 Å². The number of halogens is 2. The van der Waals surface area contributed by atoms with Crippen molar-refractivity contribution in [1.82, 2.24) is 0 Å². The predicted molar refractivity (Wildman–Crippen MR) is 69.4 cm³/mol. The van der Waals surface area contributed by atoms with Crippen molar-refractivity contribution in [2.45, 2.75) is 30.6 Å². The van der Waals surface area contributed by atoms with Gasteiger partial charge in [0.2, 0.25) is 0 Å². The van der Waals surface area contributed by atoms with Crippen LogP contribution in [0.1, 0.15) is 25.7 Å². The van der Waals surface area contributed by atoms with Crippen molar-refractivity contribution in [3.63, 3.8) is 0 Å². The van der Waals surface area contributed by atoms with Crippen LogP contribution in [0.15, 0.2) is 23.1 Å². The normalized spacial score (nSPS) is 10.7. The Morgan fingerprint density at radius 1 is 1.06 bits per heavy atom. The molecule has 0 aliphatic heterocycles. The Kier molecular flexibility index (Phi) is 6.88. The second kappa shape index (κ2) is 7.96. The fourth-order valence-electron chi connectivity index (χ4n) is 1.34. The zero-order valence-electron chi connectivity index (χ0n) is 9.09. The maximum absolute atomic E-state index is 13.2. The lowest BCUT2D eigenvalue weighted by Gasteiger charge is -2.03. The molecule has 0 saturated heterocycles. The lowest BCUT2D eigenvalue weighted by atomic mass is 10.2. The third-order valence-corrected chi connectivity index (χ3v) is 3.66. The van der Waals surface area contributed by atoms with Crippen LogP contribution in [0, 0.1) is 11.6 Å². The SMILES string of the molecule is Fc1ccc(SCCCCCCS)c(F)c1. The molecule has 0 amide bonds. The number of hydrogen-bond donors (Lipinski definition) is 1. The fraction of sp³-hybridized carbons (Fsp3) is 0.500. The van der Waals surface area contributed by atoms with E-state index in [1.54, 1.807) is 0 Å². The second-order valence-corrected chi connectivity index (χ2v) is 5.14. The van der Waals surface area contributed by atoms with Gasteiger partial charge in [0.05, 0.1) is 0 Å². The molecular weight excluding hydrogens is 246 g/mol. The molecule has 0 unspecified atom stereocenters. The van der Waals surface area contributed by atoms with Crippen LogP contribution in [0.5, 0.6) is 0 Å². The molecule has 0 aliphatic carbocycles. The number of hydrogen-bond acceptors (Lipinski definition) is 2. The van der Waals surface area contributed by atoms with Gasteiger partial charge in [-0.2, -0.15) is 12.6 Å². The summed E-state index contributed by atoms with van der Waals surface area (Å²) in [6, 6.07) is 3.73. The smallest absolute Gasteiger partial charge is 0.139 e. The molecule has 0 spiro atoms. The number of unbranched alkanes of at least 4 members (excludes halogenated alkanes) is 3. The van der Waals surface area contributed by atoms with Gasteiger partial charge in [0, 0.05) is 11.0 Å². The Morgan fingerprint density at radius 3 is 2.50 bits per heavy atom. The topological polar surface area (TPSA) is 0 Å². The summed E-state index contributed by atoms with van der Waals surface area (Å²) in [4.78, 5) is 0.538. The highest BCUT2D eigenvalue weighted by Crippen LogP contribution is 2.23. The van der Waals surface area contributed by atoms with Crippen LogP contribution in [0.25, 0.3) is 0 Å². The molecule has 0 N–H and O–H groups in total. The molecule has 0 aromatic heterocycles. The Bertz CT molecular complexity index is 316. The molecule has 0 aliphatic rings. The van der Waals surface area contributed by atoms with E-state index < -0.39 is 11.6 Å². The van der Waals surface area contributed by atoms with Gasteiger partial charge in [0.1, 0.15) is 11.6 Å². The van der Waals surface area contributed by atoms with E-state index in [1.165, 1.54) is 30.3 Å². The molecule has 0 heterocycles. The minimum absolute atomic E-state index is 0.458. The number of thiol groups is 1. The Labute approximate surface area is 105 Å². The van der Waals surface area contributed by atoms with Crippen LogP contribution >= 0.6 is 24.4 Å². The first-order chi connectivity index (χ1) is 7.74. The molecule has 16 heavy (non-hydrogen) atoms. The van der Waals surface area contributed by atoms with Gasteiger partial charge in [-0.15, -0.1) is 11.8 Å². The Hall–Kier alpha value is -0.220. The minimum atomic E-state index is -0.518. The highest BCUT2D eigenvalue weighted by molar-refractivity contribution is 7.99. The van der Waals surface area contributed by atoms with Crippen molar-refractivity contribution in [2.75, 3.05) is 11.5 Å². The monoisotopic (exact) mass is 262 g/mol. The van der Waals surface area contributed by atoms with Crippen molar-refractivity contribution < 1.29 is 8.78 Å². The molecule has 0 bridgehead atoms. The van der Waals surface area contributed by atoms with Gasteiger partial charge in [0.15, 0.2) is 0 Å². The van der Waals surface area contributed by atoms with Crippen LogP contribution in [-0.2, 0) is 0 Å². The first-order valence-corrected chi connectivity index (χ1v) is 7.04. The van der Waals surface area contributed by atoms with Gasteiger partial charge in [-0.05, 0) is 36.5 Å². The van der Waals surface area contributed by atoms with Gasteiger partial charge in [0.25, 0.3) is 0 Å². The zero-order chi connectivity index (χ0) is 11.8. The van der Waals surface area contributed by atoms with Gasteiger partial charge >= 0.3 is 0 Å². The Balaban J connectivity index is 2.21. The third-order valence-electron chi connectivity index (χ3n) is 2.20. The van der Waals surface area contributed by atoms with Crippen LogP contribution in [0.2, 0.25) is 0 Å². The summed E-state index contributed by atoms with van der Waals surface area (Å²) in [6.45, 7) is 0. The minimum Gasteiger partial charge on any atom is -0.207 e. The standard InChI is InChI=1S/C12H16F2S2/c13-10-5-6-12(11(14)9-10)16-8-4-2-1-3-7-15/h5-6,9,15H,1-4,7-8H2. The molecule has 0 saturated carbocycles. The average Bonchev–Trinajstić information content (AvgIpc) is 2.26. The molecule has 0 fully saturated rings. The molecule has 0 nitrogen and oxygen atoms in total. The maximum atomic E-state index is 13.2. The Morgan fingerprint density at radius 2 is 1.81 bits per heavy atom. The highest BCUT2D eigenvalue weighted by atomic mass is 32.2. The lowest BCUT2D eigenvalue weighted by Crippen LogP contribution is -1.87. The van der Waals surface area contributed by atoms with Crippen LogP contribution in [0.4, 0.5) is 8.78 Å². The molecule has 4 heteroatoms. The van der Waals surface area contributed by atoms with E-state index in [0.29, 0.717) is 4.90 Å². The molecule has 0 radical (unpaired) electrons. The predicted octanol–water partition coefficient (Wildman–Crippen LogP) is 4.55. The fourth-order valence-corrected chi connectivity index (χ4v) is 2.49. The van der Waals surface area contributed by atoms with Gasteiger partial charge in [-0.3, -0.25) is 0 Å². The van der Waals surface area contributed by atoms with E-state index in [4.69, 9.17) is 0 Å². The second-order valence-electron chi connectivity index (χ2n) is 3.56. The summed E-state index contributed by atoms with van der Waals surface area (Å²) in [5.41, 5.74) is 0. The van der Waals surface area contributed by atoms with Crippen molar-refractivity contribution >= 4 is 24.4 Å². The summed E-state index contributed by atoms with van der Waals surface area (Å²) in [6.07, 6.45) is 4.53. The van der Waals surface area contributed by atoms with Crippen molar-refractivity contribution in [2.24, 2.45) is 0 Å². The van der Waals surface area contributed by atoms with Crippen molar-refractivity contribution in [3.8, 4) is 0 Å². The van der Waals surface area contributed by atoms with Crippen molar-refractivity contribution in [3.05, 3.63) is 29.8 Å². The summed E-state index contributed by atoms with van der Waals surface area (Å²) >= 11 is 5.59. The summed E-state index contributed by atoms with van der Waals surface area (Å²) < 4.78 is 25.8. The quantitative estimate of drug-likeness (QED) is 0.427. The highest BCUT2D eigenvalue weighted by Gasteiger charge is 2.03. The van der Waals surface area contributed by atoms with Crippen LogP contribution in [-0.4, -0.2) is 11.5 Å². The van der Waals surface area contributed by atoms with Crippen LogP contribution < -0.4 is 0 Å². The summed E-state index contributed by atoms with van der Waals surface area (Å²) in [5.74, 6) is 0.838. The van der Waals surface area contributed by atoms with E-state index in [9.17, 15) is 8.78 Å². The average molecular weight is 262 g/mol. The molecule has 90 valence electrons. The van der Waals surface area contributed by atoms with Crippen molar-refractivity contribution in [1.29, 1.82) is 0 Å². The first kappa shape index (κ1) is 13.8. The van der Waals surface area contributed by atoms with E-state index in [-0.39, 0.29) is 0 Å². The number of rotatable bonds is 7. The molecule has 1 aromatic carbocycles. The molecule has 0 atom stereocenters.